The first kappa shape index (κ1) is 13.4. The van der Waals surface area contributed by atoms with E-state index < -0.39 is 0 Å². The molecule has 0 unspecified atom stereocenters. The Kier molecular flexibility index (Phi) is 4.05. The van der Waals surface area contributed by atoms with Crippen LogP contribution in [-0.2, 0) is 6.54 Å². The third kappa shape index (κ3) is 3.47. The zero-order chi connectivity index (χ0) is 13.8. The zero-order valence-corrected chi connectivity index (χ0v) is 11.4. The predicted octanol–water partition coefficient (Wildman–Crippen LogP) is 3.74. The highest BCUT2D eigenvalue weighted by molar-refractivity contribution is 5.50. The van der Waals surface area contributed by atoms with Crippen LogP contribution in [0.15, 0.2) is 42.5 Å². The molecule has 2 N–H and O–H groups in total. The lowest BCUT2D eigenvalue weighted by Crippen LogP contribution is -2.22. The van der Waals surface area contributed by atoms with E-state index in [-0.39, 0.29) is 5.82 Å². The second-order valence-corrected chi connectivity index (χ2v) is 4.75. The Morgan fingerprint density at radius 1 is 1.16 bits per heavy atom. The molecule has 0 bridgehead atoms. The Hall–Kier alpha value is -2.03. The number of nitrogens with two attached hydrogens (primary N) is 1. The van der Waals surface area contributed by atoms with Gasteiger partial charge in [-0.25, -0.2) is 4.39 Å². The van der Waals surface area contributed by atoms with E-state index in [2.05, 4.69) is 36.9 Å². The first-order valence-electron chi connectivity index (χ1n) is 6.45. The molecule has 2 aromatic rings. The van der Waals surface area contributed by atoms with Gasteiger partial charge in [-0.1, -0.05) is 12.1 Å². The van der Waals surface area contributed by atoms with Crippen LogP contribution >= 0.6 is 0 Å². The molecule has 0 aliphatic heterocycles. The minimum absolute atomic E-state index is 0.282. The molecule has 0 aliphatic carbocycles. The van der Waals surface area contributed by atoms with Crippen molar-refractivity contribution < 1.29 is 4.39 Å². The van der Waals surface area contributed by atoms with E-state index >= 15 is 0 Å². The maximum Gasteiger partial charge on any atom is 0.125 e. The van der Waals surface area contributed by atoms with E-state index in [0.717, 1.165) is 17.8 Å². The van der Waals surface area contributed by atoms with Crippen molar-refractivity contribution in [2.45, 2.75) is 20.4 Å². The predicted molar refractivity (Wildman–Crippen MR) is 78.7 cm³/mol. The molecule has 19 heavy (non-hydrogen) atoms. The molecule has 0 saturated carbocycles. The summed E-state index contributed by atoms with van der Waals surface area (Å²) in [5, 5.41) is 0. The van der Waals surface area contributed by atoms with Crippen LogP contribution in [0.2, 0.25) is 0 Å². The van der Waals surface area contributed by atoms with Crippen molar-refractivity contribution in [3.8, 4) is 0 Å². The number of hydrogen-bond donors (Lipinski definition) is 1. The highest BCUT2D eigenvalue weighted by Gasteiger charge is 2.07. The fourth-order valence-electron chi connectivity index (χ4n) is 2.20. The molecular formula is C16H19FN2. The molecule has 0 aliphatic rings. The fraction of sp³-hybridized carbons (Fsp3) is 0.250. The number of nitrogens with zero attached hydrogens (tertiary/aromatic N) is 1. The van der Waals surface area contributed by atoms with Gasteiger partial charge in [0.25, 0.3) is 0 Å². The molecule has 2 nitrogen and oxygen atoms in total. The van der Waals surface area contributed by atoms with Crippen molar-refractivity contribution in [2.24, 2.45) is 0 Å². The Labute approximate surface area is 113 Å². The van der Waals surface area contributed by atoms with Crippen molar-refractivity contribution in [2.75, 3.05) is 17.2 Å². The van der Waals surface area contributed by atoms with E-state index in [4.69, 9.17) is 5.73 Å². The molecule has 2 rings (SSSR count). The van der Waals surface area contributed by atoms with Gasteiger partial charge in [0.05, 0.1) is 0 Å². The second kappa shape index (κ2) is 5.74. The normalized spacial score (nSPS) is 10.5. The molecule has 3 heteroatoms. The smallest absolute Gasteiger partial charge is 0.125 e. The number of hydrogen-bond acceptors (Lipinski definition) is 2. The lowest BCUT2D eigenvalue weighted by atomic mass is 10.1. The van der Waals surface area contributed by atoms with Gasteiger partial charge in [0.1, 0.15) is 5.82 Å². The number of rotatable bonds is 4. The Morgan fingerprint density at radius 3 is 2.58 bits per heavy atom. The maximum atomic E-state index is 13.4. The van der Waals surface area contributed by atoms with Crippen LogP contribution < -0.4 is 10.6 Å². The van der Waals surface area contributed by atoms with Crippen LogP contribution in [0, 0.1) is 12.7 Å². The zero-order valence-electron chi connectivity index (χ0n) is 11.4. The summed E-state index contributed by atoms with van der Waals surface area (Å²) in [5.74, 6) is -0.282. The minimum Gasteiger partial charge on any atom is -0.399 e. The van der Waals surface area contributed by atoms with Gasteiger partial charge in [-0.05, 0) is 55.3 Å². The number of aryl methyl sites for hydroxylation is 1. The average molecular weight is 258 g/mol. The van der Waals surface area contributed by atoms with Crippen molar-refractivity contribution >= 4 is 11.4 Å². The fourth-order valence-corrected chi connectivity index (χ4v) is 2.20. The van der Waals surface area contributed by atoms with Crippen LogP contribution in [-0.4, -0.2) is 6.54 Å². The van der Waals surface area contributed by atoms with Gasteiger partial charge in [-0.2, -0.15) is 0 Å². The van der Waals surface area contributed by atoms with E-state index in [1.165, 1.54) is 17.7 Å². The van der Waals surface area contributed by atoms with Gasteiger partial charge in [0, 0.05) is 24.5 Å². The minimum atomic E-state index is -0.282. The van der Waals surface area contributed by atoms with Crippen LogP contribution in [0.3, 0.4) is 0 Å². The molecular weight excluding hydrogens is 239 g/mol. The van der Waals surface area contributed by atoms with Crippen LogP contribution in [0.1, 0.15) is 18.1 Å². The first-order chi connectivity index (χ1) is 9.08. The van der Waals surface area contributed by atoms with E-state index in [1.807, 2.05) is 12.1 Å². The Balaban J connectivity index is 2.23. The monoisotopic (exact) mass is 258 g/mol. The number of benzene rings is 2. The third-order valence-electron chi connectivity index (χ3n) is 3.10. The van der Waals surface area contributed by atoms with Crippen molar-refractivity contribution in [1.29, 1.82) is 0 Å². The van der Waals surface area contributed by atoms with E-state index in [9.17, 15) is 4.39 Å². The third-order valence-corrected chi connectivity index (χ3v) is 3.10. The summed E-state index contributed by atoms with van der Waals surface area (Å²) >= 11 is 0. The van der Waals surface area contributed by atoms with Crippen LogP contribution in [0.5, 0.6) is 0 Å². The Bertz CT molecular complexity index is 546. The summed E-state index contributed by atoms with van der Waals surface area (Å²) in [6.45, 7) is 5.67. The summed E-state index contributed by atoms with van der Waals surface area (Å²) in [6.07, 6.45) is 0. The summed E-state index contributed by atoms with van der Waals surface area (Å²) in [7, 11) is 0. The molecule has 0 saturated heterocycles. The van der Waals surface area contributed by atoms with E-state index in [0.29, 0.717) is 12.2 Å². The average Bonchev–Trinajstić information content (AvgIpc) is 2.34. The van der Waals surface area contributed by atoms with E-state index in [1.54, 1.807) is 0 Å². The van der Waals surface area contributed by atoms with Gasteiger partial charge in [-0.3, -0.25) is 0 Å². The SMILES string of the molecule is CCN(Cc1cc(N)cc(F)c1)c1cccc(C)c1. The lowest BCUT2D eigenvalue weighted by molar-refractivity contribution is 0.625. The molecule has 0 fully saturated rings. The van der Waals surface area contributed by atoms with Gasteiger partial charge in [0.2, 0.25) is 0 Å². The van der Waals surface area contributed by atoms with Crippen molar-refractivity contribution in [3.63, 3.8) is 0 Å². The van der Waals surface area contributed by atoms with Gasteiger partial charge in [-0.15, -0.1) is 0 Å². The number of halogens is 1. The summed E-state index contributed by atoms with van der Waals surface area (Å²) in [5.41, 5.74) is 9.40. The second-order valence-electron chi connectivity index (χ2n) is 4.75. The Morgan fingerprint density at radius 2 is 1.95 bits per heavy atom. The molecule has 0 spiro atoms. The summed E-state index contributed by atoms with van der Waals surface area (Å²) in [6, 6.07) is 13.0. The molecule has 0 heterocycles. The number of anilines is 2. The number of nitrogen functional groups attached to an aromatic ring is 1. The molecule has 0 radical (unpaired) electrons. The van der Waals surface area contributed by atoms with Gasteiger partial charge >= 0.3 is 0 Å². The lowest BCUT2D eigenvalue weighted by Gasteiger charge is -2.23. The van der Waals surface area contributed by atoms with Gasteiger partial charge < -0.3 is 10.6 Å². The summed E-state index contributed by atoms with van der Waals surface area (Å²) < 4.78 is 13.4. The molecule has 0 atom stereocenters. The van der Waals surface area contributed by atoms with Crippen molar-refractivity contribution in [3.05, 3.63) is 59.4 Å². The van der Waals surface area contributed by atoms with Gasteiger partial charge in [0.15, 0.2) is 0 Å². The topological polar surface area (TPSA) is 29.3 Å². The highest BCUT2D eigenvalue weighted by Crippen LogP contribution is 2.20. The summed E-state index contributed by atoms with van der Waals surface area (Å²) in [4.78, 5) is 2.20. The van der Waals surface area contributed by atoms with Crippen LogP contribution in [0.25, 0.3) is 0 Å². The largest absolute Gasteiger partial charge is 0.399 e. The first-order valence-corrected chi connectivity index (χ1v) is 6.45. The quantitative estimate of drug-likeness (QED) is 0.846. The molecule has 0 amide bonds. The highest BCUT2D eigenvalue weighted by atomic mass is 19.1. The molecule has 100 valence electrons. The van der Waals surface area contributed by atoms with Crippen LogP contribution in [0.4, 0.5) is 15.8 Å². The standard InChI is InChI=1S/C16H19FN2/c1-3-19(16-6-4-5-12(2)7-16)11-13-8-14(17)10-15(18)9-13/h4-10H,3,11,18H2,1-2H3. The maximum absolute atomic E-state index is 13.4. The molecule has 0 aromatic heterocycles. The van der Waals surface area contributed by atoms with Crippen molar-refractivity contribution in [1.82, 2.24) is 0 Å². The molecule has 2 aromatic carbocycles.